The van der Waals surface area contributed by atoms with Gasteiger partial charge in [-0.05, 0) is 12.8 Å². The van der Waals surface area contributed by atoms with Crippen molar-refractivity contribution < 1.29 is 57.7 Å². The van der Waals surface area contributed by atoms with Gasteiger partial charge in [0, 0.05) is 0 Å². The van der Waals surface area contributed by atoms with E-state index in [4.69, 9.17) is 9.29 Å². The summed E-state index contributed by atoms with van der Waals surface area (Å²) in [5.74, 6) is -0.752. The van der Waals surface area contributed by atoms with Crippen molar-refractivity contribution in [3.05, 3.63) is 0 Å². The fraction of sp³-hybridized carbons (Fsp3) is 0.929. The van der Waals surface area contributed by atoms with Crippen LogP contribution >= 0.6 is 0 Å². The van der Waals surface area contributed by atoms with Gasteiger partial charge >= 0.3 is 45.9 Å². The van der Waals surface area contributed by atoms with E-state index in [1.165, 1.54) is 32.1 Å². The smallest absolute Gasteiger partial charge is 1.00 e. The van der Waals surface area contributed by atoms with E-state index in [0.29, 0.717) is 0 Å². The quantitative estimate of drug-likeness (QED) is 0.224. The number of carbonyl (C=O) groups excluding carboxylic acids is 1. The second-order valence-corrected chi connectivity index (χ2v) is 6.11. The van der Waals surface area contributed by atoms with Crippen LogP contribution in [0.3, 0.4) is 0 Å². The van der Waals surface area contributed by atoms with Gasteiger partial charge in [-0.2, -0.15) is 8.42 Å². The molecule has 0 aliphatic rings. The Labute approximate surface area is 158 Å². The van der Waals surface area contributed by atoms with E-state index in [2.05, 4.69) is 11.1 Å². The fourth-order valence-electron chi connectivity index (χ4n) is 1.92. The van der Waals surface area contributed by atoms with Crippen molar-refractivity contribution in [1.29, 1.82) is 0 Å². The maximum atomic E-state index is 11.5. The average molecular weight is 348 g/mol. The molecule has 0 saturated heterocycles. The van der Waals surface area contributed by atoms with Gasteiger partial charge in [0.25, 0.3) is 0 Å². The molecule has 0 aromatic heterocycles. The van der Waals surface area contributed by atoms with Gasteiger partial charge < -0.3 is 6.16 Å². The number of carbonyl (C=O) groups is 1. The molecule has 1 N–H and O–H groups in total. The molecule has 0 rings (SSSR count). The third kappa shape index (κ3) is 15.2. The predicted molar refractivity (Wildman–Crippen MR) is 81.4 cm³/mol. The van der Waals surface area contributed by atoms with E-state index in [1.54, 1.807) is 6.92 Å². The maximum absolute atomic E-state index is 11.5. The van der Waals surface area contributed by atoms with Gasteiger partial charge in [-0.15, -0.1) is 0 Å². The molecular weight excluding hydrogens is 319 g/mol. The van der Waals surface area contributed by atoms with Gasteiger partial charge in [-0.25, -0.2) is 8.98 Å². The normalized spacial score (nSPS) is 12.5. The molecule has 0 aliphatic carbocycles. The number of unbranched alkanes of at least 4 members (excludes halogenated alkanes) is 7. The summed E-state index contributed by atoms with van der Waals surface area (Å²) in [7, 11) is -4.63. The summed E-state index contributed by atoms with van der Waals surface area (Å²) in [6.07, 6.45) is 7.92. The Morgan fingerprint density at radius 1 is 1.05 bits per heavy atom. The predicted octanol–water partition coefficient (Wildman–Crippen LogP) is 0.385. The number of rotatable bonds is 13. The van der Waals surface area contributed by atoms with Crippen molar-refractivity contribution >= 4 is 16.4 Å². The first-order chi connectivity index (χ1) is 9.90. The van der Waals surface area contributed by atoms with Crippen LogP contribution in [0.25, 0.3) is 0 Å². The minimum absolute atomic E-state index is 0. The molecular formula is C14H29NaO6S. The summed E-state index contributed by atoms with van der Waals surface area (Å²) in [5, 5.41) is 0. The first kappa shape index (κ1) is 24.6. The van der Waals surface area contributed by atoms with Crippen molar-refractivity contribution in [2.24, 2.45) is 0 Å². The maximum Gasteiger partial charge on any atom is 1.00 e. The molecule has 0 aromatic rings. The molecule has 0 aliphatic heterocycles. The third-order valence-electron chi connectivity index (χ3n) is 3.11. The summed E-state index contributed by atoms with van der Waals surface area (Å²) in [6.45, 7) is 4.01. The van der Waals surface area contributed by atoms with Crippen LogP contribution in [0.5, 0.6) is 0 Å². The summed E-state index contributed by atoms with van der Waals surface area (Å²) in [5.41, 5.74) is 0. The van der Waals surface area contributed by atoms with Crippen molar-refractivity contribution in [2.45, 2.75) is 77.7 Å². The number of hydrogen-bond acceptors (Lipinski definition) is 5. The van der Waals surface area contributed by atoms with Gasteiger partial charge in [0.2, 0.25) is 0 Å². The Morgan fingerprint density at radius 3 is 2.00 bits per heavy atom. The largest absolute Gasteiger partial charge is 1.00 e. The molecule has 0 amide bonds. The minimum atomic E-state index is -4.63. The Hall–Kier alpha value is 0.340. The Balaban J connectivity index is -0.00000200. The summed E-state index contributed by atoms with van der Waals surface area (Å²) in [6, 6.07) is 0. The first-order valence-electron chi connectivity index (χ1n) is 7.73. The van der Waals surface area contributed by atoms with E-state index in [0.717, 1.165) is 19.3 Å². The van der Waals surface area contributed by atoms with Gasteiger partial charge in [0.1, 0.15) is 0 Å². The van der Waals surface area contributed by atoms with Crippen molar-refractivity contribution in [2.75, 3.05) is 6.61 Å². The molecule has 0 saturated carbocycles. The molecule has 1 unspecified atom stereocenters. The zero-order valence-electron chi connectivity index (χ0n) is 15.0. The third-order valence-corrected chi connectivity index (χ3v) is 3.59. The van der Waals surface area contributed by atoms with E-state index >= 15 is 0 Å². The van der Waals surface area contributed by atoms with Crippen molar-refractivity contribution in [1.82, 2.24) is 0 Å². The molecule has 0 heterocycles. The Kier molecular flexibility index (Phi) is 16.7. The second kappa shape index (κ2) is 14.9. The molecule has 22 heavy (non-hydrogen) atoms. The Bertz CT molecular complexity index is 377. The number of hydrogen-bond donors (Lipinski definition) is 1. The molecule has 0 aromatic carbocycles. The first-order valence-corrected chi connectivity index (χ1v) is 9.09. The van der Waals surface area contributed by atoms with Crippen LogP contribution in [-0.2, 0) is 24.1 Å². The van der Waals surface area contributed by atoms with Crippen LogP contribution < -0.4 is 29.6 Å². The number of ether oxygens (including phenoxy) is 1. The van der Waals surface area contributed by atoms with Crippen LogP contribution in [0.15, 0.2) is 0 Å². The van der Waals surface area contributed by atoms with Gasteiger partial charge in [0.05, 0.1) is 6.61 Å². The van der Waals surface area contributed by atoms with Crippen LogP contribution in [0, 0.1) is 0 Å². The number of esters is 1. The Morgan fingerprint density at radius 2 is 1.55 bits per heavy atom. The zero-order valence-corrected chi connectivity index (χ0v) is 16.9. The van der Waals surface area contributed by atoms with E-state index in [9.17, 15) is 13.2 Å². The standard InChI is InChI=1S/C14H28O6S.Na.H/c1-3-5-6-7-8-9-10-11-12-19-14(15)13(4-2)20-21(16,17)18;;/h13H,3-12H2,1-2H3,(H,16,17,18);;/q;+1;-1. The molecule has 1 atom stereocenters. The van der Waals surface area contributed by atoms with Crippen LogP contribution in [0.1, 0.15) is 73.1 Å². The molecule has 0 spiro atoms. The minimum Gasteiger partial charge on any atom is -1.00 e. The summed E-state index contributed by atoms with van der Waals surface area (Å²) in [4.78, 5) is 11.5. The molecule has 0 radical (unpaired) electrons. The van der Waals surface area contributed by atoms with Crippen molar-refractivity contribution in [3.8, 4) is 0 Å². The SMILES string of the molecule is CCCCCCCCCCOC(=O)C(CC)OS(=O)(=O)O.[H-].[Na+]. The van der Waals surface area contributed by atoms with Crippen molar-refractivity contribution in [3.63, 3.8) is 0 Å². The molecule has 8 heteroatoms. The van der Waals surface area contributed by atoms with Crippen LogP contribution in [0.4, 0.5) is 0 Å². The zero-order chi connectivity index (χ0) is 16.1. The second-order valence-electron chi connectivity index (χ2n) is 5.06. The molecule has 6 nitrogen and oxygen atoms in total. The molecule has 0 bridgehead atoms. The van der Waals surface area contributed by atoms with Gasteiger partial charge in [-0.3, -0.25) is 4.55 Å². The van der Waals surface area contributed by atoms with Gasteiger partial charge in [0.15, 0.2) is 6.10 Å². The molecule has 128 valence electrons. The van der Waals surface area contributed by atoms with E-state index in [-0.39, 0.29) is 44.0 Å². The monoisotopic (exact) mass is 348 g/mol. The topological polar surface area (TPSA) is 89.9 Å². The summed E-state index contributed by atoms with van der Waals surface area (Å²) >= 11 is 0. The van der Waals surface area contributed by atoms with Crippen LogP contribution in [-0.4, -0.2) is 31.7 Å². The van der Waals surface area contributed by atoms with Crippen LogP contribution in [0.2, 0.25) is 0 Å². The fourth-order valence-corrected chi connectivity index (χ4v) is 2.43. The molecule has 0 fully saturated rings. The van der Waals surface area contributed by atoms with E-state index < -0.39 is 22.5 Å². The average Bonchev–Trinajstić information content (AvgIpc) is 2.41. The summed E-state index contributed by atoms with van der Waals surface area (Å²) < 4.78 is 38.8. The van der Waals surface area contributed by atoms with E-state index in [1.807, 2.05) is 0 Å². The van der Waals surface area contributed by atoms with Gasteiger partial charge in [-0.1, -0.05) is 58.8 Å².